The molecule has 13 heavy (non-hydrogen) atoms. The van der Waals surface area contributed by atoms with Gasteiger partial charge in [0.2, 0.25) is 6.41 Å². The number of nitrogens with two attached hydrogens (primary N) is 1. The summed E-state index contributed by atoms with van der Waals surface area (Å²) in [6.07, 6.45) is 0.250. The van der Waals surface area contributed by atoms with Crippen LogP contribution in [-0.4, -0.2) is 58.1 Å². The van der Waals surface area contributed by atoms with E-state index in [1.807, 2.05) is 0 Å². The van der Waals surface area contributed by atoms with Gasteiger partial charge < -0.3 is 15.2 Å². The van der Waals surface area contributed by atoms with E-state index in [0.29, 0.717) is 0 Å². The number of carbonyl (C=O) groups is 1. The van der Waals surface area contributed by atoms with Crippen molar-refractivity contribution in [2.75, 3.05) is 33.2 Å². The zero-order valence-corrected chi connectivity index (χ0v) is 10.0. The van der Waals surface area contributed by atoms with Crippen molar-refractivity contribution >= 4 is 15.4 Å². The highest BCUT2D eigenvalue weighted by atomic mass is 28.3. The minimum atomic E-state index is -0.473. The van der Waals surface area contributed by atoms with E-state index in [4.69, 9.17) is 4.79 Å². The Labute approximate surface area is 82.4 Å². The summed E-state index contributed by atoms with van der Waals surface area (Å²) < 4.78 is 2.67. The number of nitrogens with zero attached hydrogens (tertiary/aromatic N) is 2. The lowest BCUT2D eigenvalue weighted by Gasteiger charge is -2.34. The number of rotatable bonds is 1. The van der Waals surface area contributed by atoms with E-state index in [9.17, 15) is 0 Å². The van der Waals surface area contributed by atoms with Crippen molar-refractivity contribution in [2.45, 2.75) is 13.1 Å². The Morgan fingerprint density at radius 2 is 1.62 bits per heavy atom. The van der Waals surface area contributed by atoms with Gasteiger partial charge in [0.1, 0.15) is 8.96 Å². The first-order chi connectivity index (χ1) is 6.11. The van der Waals surface area contributed by atoms with Crippen LogP contribution in [0, 0.1) is 0 Å². The normalized spacial score (nSPS) is 19.4. The van der Waals surface area contributed by atoms with Crippen LogP contribution in [0.4, 0.5) is 0 Å². The molecular weight excluding hydrogens is 182 g/mol. The fourth-order valence-corrected chi connectivity index (χ4v) is 2.60. The molecule has 2 N–H and O–H groups in total. The fraction of sp³-hybridized carbons (Fsp3) is 0.875. The van der Waals surface area contributed by atoms with Crippen molar-refractivity contribution < 1.29 is 4.79 Å². The van der Waals surface area contributed by atoms with Crippen LogP contribution in [0.1, 0.15) is 0 Å². The number of carbonyl (C=O) groups excluding carboxylic acids is 1. The maximum Gasteiger partial charge on any atom is 0.204 e. The molecule has 1 saturated heterocycles. The second-order valence-electron chi connectivity index (χ2n) is 3.57. The summed E-state index contributed by atoms with van der Waals surface area (Å²) in [6.45, 7) is 9.97. The van der Waals surface area contributed by atoms with Crippen LogP contribution in [0.2, 0.25) is 13.1 Å². The van der Waals surface area contributed by atoms with Crippen molar-refractivity contribution in [1.29, 1.82) is 0 Å². The zero-order chi connectivity index (χ0) is 10.3. The van der Waals surface area contributed by atoms with Gasteiger partial charge in [0.15, 0.2) is 0 Å². The number of primary amides is 1. The number of hydrogen-bond donors (Lipinski definition) is 1. The number of hydrogen-bond acceptors (Lipinski definition) is 3. The largest absolute Gasteiger partial charge is 0.372 e. The van der Waals surface area contributed by atoms with Crippen LogP contribution in [0.15, 0.2) is 0 Å². The molecular formula is C8H21N3OSi. The second kappa shape index (κ2) is 7.05. The van der Waals surface area contributed by atoms with Gasteiger partial charge in [-0.25, -0.2) is 0 Å². The predicted molar refractivity (Wildman–Crippen MR) is 58.2 cm³/mol. The lowest BCUT2D eigenvalue weighted by Crippen LogP contribution is -2.48. The Bertz CT molecular complexity index is 135. The molecule has 1 amide bonds. The molecule has 0 bridgehead atoms. The van der Waals surface area contributed by atoms with E-state index in [0.717, 1.165) is 0 Å². The van der Waals surface area contributed by atoms with Crippen molar-refractivity contribution in [3.8, 4) is 0 Å². The third-order valence-corrected chi connectivity index (χ3v) is 4.25. The molecule has 78 valence electrons. The molecule has 4 nitrogen and oxygen atoms in total. The lowest BCUT2D eigenvalue weighted by molar-refractivity contribution is -0.106. The van der Waals surface area contributed by atoms with Gasteiger partial charge >= 0.3 is 0 Å². The summed E-state index contributed by atoms with van der Waals surface area (Å²) in [5.41, 5.74) is 4.17. The first-order valence-corrected chi connectivity index (χ1v) is 7.52. The molecule has 0 spiro atoms. The van der Waals surface area contributed by atoms with Gasteiger partial charge in [0.25, 0.3) is 0 Å². The van der Waals surface area contributed by atoms with Crippen LogP contribution in [0.25, 0.3) is 0 Å². The summed E-state index contributed by atoms with van der Waals surface area (Å²) in [5, 5.41) is 0. The average Bonchev–Trinajstić information content (AvgIpc) is 2.06. The topological polar surface area (TPSA) is 49.6 Å². The average molecular weight is 203 g/mol. The molecule has 1 aliphatic rings. The Morgan fingerprint density at radius 1 is 1.23 bits per heavy atom. The van der Waals surface area contributed by atoms with Gasteiger partial charge in [-0.2, -0.15) is 0 Å². The fourth-order valence-electron chi connectivity index (χ4n) is 1.34. The number of piperazine rings is 1. The molecule has 0 radical (unpaired) electrons. The van der Waals surface area contributed by atoms with Gasteiger partial charge in [-0.3, -0.25) is 4.79 Å². The molecule has 1 heterocycles. The maximum absolute atomic E-state index is 8.58. The van der Waals surface area contributed by atoms with Crippen LogP contribution in [0.5, 0.6) is 0 Å². The molecule has 5 heteroatoms. The monoisotopic (exact) mass is 203 g/mol. The van der Waals surface area contributed by atoms with Crippen LogP contribution in [-0.2, 0) is 4.79 Å². The second-order valence-corrected chi connectivity index (χ2v) is 6.49. The van der Waals surface area contributed by atoms with Gasteiger partial charge in [-0.15, -0.1) is 0 Å². The molecule has 0 aromatic heterocycles. The Morgan fingerprint density at radius 3 is 1.92 bits per heavy atom. The smallest absolute Gasteiger partial charge is 0.204 e. The molecule has 1 rings (SSSR count). The van der Waals surface area contributed by atoms with E-state index < -0.39 is 8.96 Å². The third kappa shape index (κ3) is 5.79. The van der Waals surface area contributed by atoms with Crippen molar-refractivity contribution in [2.24, 2.45) is 5.73 Å². The number of amides is 1. The summed E-state index contributed by atoms with van der Waals surface area (Å²) >= 11 is 0. The van der Waals surface area contributed by atoms with E-state index in [1.54, 1.807) is 0 Å². The molecule has 1 fully saturated rings. The standard InChI is InChI=1S/C7H18N2Si.CH3NO/c1-8-4-6-9(7-5-8)10(2)3;2-1-3/h10H,4-7H2,1-3H3;1H,(H2,2,3). The summed E-state index contributed by atoms with van der Waals surface area (Å²) in [5.74, 6) is 0. The highest BCUT2D eigenvalue weighted by Crippen LogP contribution is 2.00. The van der Waals surface area contributed by atoms with E-state index in [2.05, 4.69) is 35.3 Å². The maximum atomic E-state index is 8.58. The quantitative estimate of drug-likeness (QED) is 0.454. The highest BCUT2D eigenvalue weighted by Gasteiger charge is 2.15. The van der Waals surface area contributed by atoms with Gasteiger partial charge in [0.05, 0.1) is 0 Å². The van der Waals surface area contributed by atoms with Crippen LogP contribution < -0.4 is 5.73 Å². The third-order valence-electron chi connectivity index (χ3n) is 2.27. The Hall–Kier alpha value is -0.393. The molecule has 0 aliphatic carbocycles. The first kappa shape index (κ1) is 12.6. The van der Waals surface area contributed by atoms with Gasteiger partial charge in [0, 0.05) is 26.2 Å². The molecule has 0 aromatic carbocycles. The zero-order valence-electron chi connectivity index (χ0n) is 8.86. The first-order valence-electron chi connectivity index (χ1n) is 4.69. The van der Waals surface area contributed by atoms with E-state index in [1.165, 1.54) is 26.2 Å². The lowest BCUT2D eigenvalue weighted by atomic mass is 10.4. The van der Waals surface area contributed by atoms with E-state index >= 15 is 0 Å². The van der Waals surface area contributed by atoms with Crippen molar-refractivity contribution in [3.63, 3.8) is 0 Å². The molecule has 0 saturated carbocycles. The summed E-state index contributed by atoms with van der Waals surface area (Å²) in [6, 6.07) is 0. The summed E-state index contributed by atoms with van der Waals surface area (Å²) in [4.78, 5) is 11.0. The van der Waals surface area contributed by atoms with E-state index in [-0.39, 0.29) is 6.41 Å². The number of likely N-dealkylation sites (N-methyl/N-ethyl adjacent to an activating group) is 1. The van der Waals surface area contributed by atoms with Gasteiger partial charge in [-0.1, -0.05) is 13.1 Å². The van der Waals surface area contributed by atoms with Crippen LogP contribution in [0.3, 0.4) is 0 Å². The minimum Gasteiger partial charge on any atom is -0.372 e. The molecule has 0 atom stereocenters. The summed E-state index contributed by atoms with van der Waals surface area (Å²) in [7, 11) is 1.74. The van der Waals surface area contributed by atoms with Crippen molar-refractivity contribution in [3.05, 3.63) is 0 Å². The SMILES string of the molecule is CN1CCN([SiH](C)C)CC1.NC=O. The molecule has 0 aromatic rings. The Balaban J connectivity index is 0.000000424. The Kier molecular flexibility index (Phi) is 6.84. The van der Waals surface area contributed by atoms with Crippen molar-refractivity contribution in [1.82, 2.24) is 9.47 Å². The predicted octanol–water partition coefficient (Wildman–Crippen LogP) is -0.681. The van der Waals surface area contributed by atoms with Crippen LogP contribution >= 0.6 is 0 Å². The van der Waals surface area contributed by atoms with Gasteiger partial charge in [-0.05, 0) is 7.05 Å². The molecule has 0 unspecified atom stereocenters. The molecule has 1 aliphatic heterocycles. The minimum absolute atomic E-state index is 0.250. The highest BCUT2D eigenvalue weighted by molar-refractivity contribution is 6.52.